The van der Waals surface area contributed by atoms with Crippen LogP contribution in [0.4, 0.5) is 13.2 Å². The van der Waals surface area contributed by atoms with Gasteiger partial charge in [0, 0.05) is 22.7 Å². The maximum absolute atomic E-state index is 13.3. The second-order valence-corrected chi connectivity index (χ2v) is 9.61. The van der Waals surface area contributed by atoms with Crippen molar-refractivity contribution < 1.29 is 27.4 Å². The standard InChI is InChI=1S/C32H27F3N2O3/c1-2-39-31(38)30-27(8-5-19-36)28-20-22(21-9-12-23(13-10-21)32(33,34)35)11-18-29(28)37(30)24-14-16-26(17-15-24)40-25-6-3-4-7-25/h5,8-18,20,25H,2-4,6-7H2,1H3. The van der Waals surface area contributed by atoms with E-state index in [1.807, 2.05) is 42.5 Å². The molecular formula is C32H27F3N2O3. The molecule has 0 saturated heterocycles. The second-order valence-electron chi connectivity index (χ2n) is 9.61. The molecule has 5 nitrogen and oxygen atoms in total. The first-order valence-electron chi connectivity index (χ1n) is 13.2. The first-order chi connectivity index (χ1) is 19.3. The minimum atomic E-state index is -4.43. The van der Waals surface area contributed by atoms with Crippen LogP contribution in [-0.2, 0) is 10.9 Å². The number of carbonyl (C=O) groups excluding carboxylic acids is 1. The third kappa shape index (κ3) is 5.46. The number of allylic oxidation sites excluding steroid dienone is 1. The van der Waals surface area contributed by atoms with Crippen molar-refractivity contribution in [1.29, 1.82) is 5.26 Å². The van der Waals surface area contributed by atoms with Crippen LogP contribution in [0.5, 0.6) is 5.75 Å². The van der Waals surface area contributed by atoms with Gasteiger partial charge in [0.05, 0.1) is 29.9 Å². The first-order valence-corrected chi connectivity index (χ1v) is 13.2. The van der Waals surface area contributed by atoms with Crippen molar-refractivity contribution in [2.45, 2.75) is 44.9 Å². The van der Waals surface area contributed by atoms with Crippen LogP contribution >= 0.6 is 0 Å². The molecule has 8 heteroatoms. The third-order valence-corrected chi connectivity index (χ3v) is 7.05. The Labute approximate surface area is 230 Å². The lowest BCUT2D eigenvalue weighted by Gasteiger charge is -2.15. The summed E-state index contributed by atoms with van der Waals surface area (Å²) in [5.41, 5.74) is 2.63. The van der Waals surface area contributed by atoms with Crippen LogP contribution in [0.25, 0.3) is 33.8 Å². The summed E-state index contributed by atoms with van der Waals surface area (Å²) in [5.74, 6) is 0.192. The van der Waals surface area contributed by atoms with E-state index in [9.17, 15) is 23.2 Å². The number of aromatic nitrogens is 1. The molecule has 1 aromatic heterocycles. The number of alkyl halides is 3. The molecule has 1 heterocycles. The Morgan fingerprint density at radius 3 is 2.33 bits per heavy atom. The van der Waals surface area contributed by atoms with Crippen molar-refractivity contribution in [3.05, 3.63) is 89.6 Å². The fraction of sp³-hybridized carbons (Fsp3) is 0.250. The van der Waals surface area contributed by atoms with E-state index in [4.69, 9.17) is 9.47 Å². The molecule has 0 unspecified atom stereocenters. The number of nitrogens with zero attached hydrogens (tertiary/aromatic N) is 2. The Hall–Kier alpha value is -4.51. The fourth-order valence-electron chi connectivity index (χ4n) is 5.18. The predicted octanol–water partition coefficient (Wildman–Crippen LogP) is 8.35. The summed E-state index contributed by atoms with van der Waals surface area (Å²) in [5, 5.41) is 9.91. The highest BCUT2D eigenvalue weighted by atomic mass is 19.4. The monoisotopic (exact) mass is 544 g/mol. The van der Waals surface area contributed by atoms with Gasteiger partial charge in [0.25, 0.3) is 0 Å². The average Bonchev–Trinajstić information content (AvgIpc) is 3.57. The van der Waals surface area contributed by atoms with E-state index in [0.29, 0.717) is 33.3 Å². The fourth-order valence-corrected chi connectivity index (χ4v) is 5.18. The molecule has 4 aromatic rings. The van der Waals surface area contributed by atoms with Crippen molar-refractivity contribution in [3.63, 3.8) is 0 Å². The van der Waals surface area contributed by atoms with Gasteiger partial charge in [-0.3, -0.25) is 0 Å². The largest absolute Gasteiger partial charge is 0.490 e. The minimum absolute atomic E-state index is 0.159. The van der Waals surface area contributed by atoms with E-state index in [1.54, 1.807) is 23.6 Å². The number of halogens is 3. The Kier molecular flexibility index (Phi) is 7.65. The van der Waals surface area contributed by atoms with E-state index >= 15 is 0 Å². The Morgan fingerprint density at radius 1 is 1.02 bits per heavy atom. The highest BCUT2D eigenvalue weighted by Crippen LogP contribution is 2.36. The Balaban J connectivity index is 1.65. The van der Waals surface area contributed by atoms with Crippen LogP contribution in [-0.4, -0.2) is 23.2 Å². The van der Waals surface area contributed by atoms with Gasteiger partial charge in [0.2, 0.25) is 0 Å². The molecule has 0 radical (unpaired) electrons. The minimum Gasteiger partial charge on any atom is -0.490 e. The van der Waals surface area contributed by atoms with E-state index in [-0.39, 0.29) is 18.4 Å². The van der Waals surface area contributed by atoms with Gasteiger partial charge in [0.15, 0.2) is 0 Å². The number of nitriles is 1. The highest BCUT2D eigenvalue weighted by Gasteiger charge is 2.30. The Bertz CT molecular complexity index is 1590. The zero-order valence-electron chi connectivity index (χ0n) is 21.9. The van der Waals surface area contributed by atoms with Gasteiger partial charge in [-0.1, -0.05) is 18.2 Å². The molecule has 1 fully saturated rings. The quantitative estimate of drug-likeness (QED) is 0.173. The van der Waals surface area contributed by atoms with Gasteiger partial charge in [-0.2, -0.15) is 18.4 Å². The van der Waals surface area contributed by atoms with Crippen LogP contribution in [0.2, 0.25) is 0 Å². The Morgan fingerprint density at radius 2 is 1.70 bits per heavy atom. The molecule has 0 aliphatic heterocycles. The van der Waals surface area contributed by atoms with Gasteiger partial charge in [0.1, 0.15) is 11.4 Å². The van der Waals surface area contributed by atoms with Gasteiger partial charge in [-0.15, -0.1) is 0 Å². The zero-order valence-corrected chi connectivity index (χ0v) is 21.9. The molecule has 0 atom stereocenters. The molecule has 0 bridgehead atoms. The predicted molar refractivity (Wildman–Crippen MR) is 147 cm³/mol. The maximum Gasteiger partial charge on any atom is 0.416 e. The highest BCUT2D eigenvalue weighted by molar-refractivity contribution is 6.05. The first kappa shape index (κ1) is 27.1. The number of benzene rings is 3. The van der Waals surface area contributed by atoms with Crippen LogP contribution < -0.4 is 4.74 Å². The molecule has 5 rings (SSSR count). The lowest BCUT2D eigenvalue weighted by molar-refractivity contribution is -0.137. The van der Waals surface area contributed by atoms with Gasteiger partial charge in [-0.05, 0) is 98.3 Å². The molecule has 1 aliphatic rings. The number of hydrogen-bond acceptors (Lipinski definition) is 4. The van der Waals surface area contributed by atoms with E-state index in [2.05, 4.69) is 0 Å². The lowest BCUT2D eigenvalue weighted by atomic mass is 10.0. The van der Waals surface area contributed by atoms with Crippen molar-refractivity contribution in [2.75, 3.05) is 6.61 Å². The van der Waals surface area contributed by atoms with Crippen molar-refractivity contribution in [1.82, 2.24) is 4.57 Å². The summed E-state index contributed by atoms with van der Waals surface area (Å²) >= 11 is 0. The van der Waals surface area contributed by atoms with Crippen molar-refractivity contribution in [2.24, 2.45) is 0 Å². The number of ether oxygens (including phenoxy) is 2. The molecule has 0 N–H and O–H groups in total. The zero-order chi connectivity index (χ0) is 28.3. The van der Waals surface area contributed by atoms with Gasteiger partial charge < -0.3 is 14.0 Å². The number of carbonyl (C=O) groups is 1. The molecule has 40 heavy (non-hydrogen) atoms. The maximum atomic E-state index is 13.3. The SMILES string of the molecule is CCOC(=O)c1c(C=CC#N)c2cc(-c3ccc(C(F)(F)F)cc3)ccc2n1-c1ccc(OC2CCCC2)cc1. The average molecular weight is 545 g/mol. The summed E-state index contributed by atoms with van der Waals surface area (Å²) in [7, 11) is 0. The van der Waals surface area contributed by atoms with Crippen molar-refractivity contribution in [3.8, 4) is 28.6 Å². The van der Waals surface area contributed by atoms with E-state index in [0.717, 1.165) is 43.6 Å². The smallest absolute Gasteiger partial charge is 0.416 e. The summed E-state index contributed by atoms with van der Waals surface area (Å²) in [4.78, 5) is 13.3. The number of hydrogen-bond donors (Lipinski definition) is 0. The molecule has 0 spiro atoms. The number of fused-ring (bicyclic) bond motifs is 1. The number of esters is 1. The molecular weight excluding hydrogens is 517 g/mol. The third-order valence-electron chi connectivity index (χ3n) is 7.05. The molecule has 1 saturated carbocycles. The summed E-state index contributed by atoms with van der Waals surface area (Å²) in [6, 6.07) is 19.8. The van der Waals surface area contributed by atoms with Crippen molar-refractivity contribution >= 4 is 22.9 Å². The van der Waals surface area contributed by atoms with E-state index < -0.39 is 17.7 Å². The summed E-state index contributed by atoms with van der Waals surface area (Å²) in [6.07, 6.45) is 3.01. The second kappa shape index (κ2) is 11.3. The molecule has 204 valence electrons. The molecule has 1 aliphatic carbocycles. The molecule has 3 aromatic carbocycles. The van der Waals surface area contributed by atoms with Crippen LogP contribution in [0, 0.1) is 11.3 Å². The lowest BCUT2D eigenvalue weighted by Crippen LogP contribution is -2.13. The number of rotatable bonds is 7. The normalized spacial score (nSPS) is 14.1. The topological polar surface area (TPSA) is 64.2 Å². The van der Waals surface area contributed by atoms with Gasteiger partial charge in [-0.25, -0.2) is 4.79 Å². The van der Waals surface area contributed by atoms with E-state index in [1.165, 1.54) is 18.2 Å². The summed E-state index contributed by atoms with van der Waals surface area (Å²) < 4.78 is 52.5. The molecule has 0 amide bonds. The van der Waals surface area contributed by atoms with Crippen LogP contribution in [0.1, 0.15) is 54.2 Å². The van der Waals surface area contributed by atoms with Gasteiger partial charge >= 0.3 is 12.1 Å². The summed E-state index contributed by atoms with van der Waals surface area (Å²) in [6.45, 7) is 1.88. The van der Waals surface area contributed by atoms with Crippen LogP contribution in [0.15, 0.2) is 72.8 Å². The van der Waals surface area contributed by atoms with Crippen LogP contribution in [0.3, 0.4) is 0 Å².